The van der Waals surface area contributed by atoms with E-state index in [1.54, 1.807) is 24.3 Å². The first-order chi connectivity index (χ1) is 17.2. The van der Waals surface area contributed by atoms with E-state index in [4.69, 9.17) is 36.9 Å². The van der Waals surface area contributed by atoms with Crippen LogP contribution in [-0.4, -0.2) is 33.8 Å². The van der Waals surface area contributed by atoms with E-state index in [1.807, 2.05) is 13.8 Å². The third-order valence-corrected chi connectivity index (χ3v) is 6.40. The van der Waals surface area contributed by atoms with Crippen LogP contribution in [0.1, 0.15) is 36.2 Å². The van der Waals surface area contributed by atoms with Gasteiger partial charge in [0.2, 0.25) is 0 Å². The van der Waals surface area contributed by atoms with Crippen LogP contribution in [0.2, 0.25) is 10.0 Å². The van der Waals surface area contributed by atoms with E-state index in [9.17, 15) is 13.2 Å². The molecule has 1 N–H and O–H groups in total. The molecule has 0 bridgehead atoms. The van der Waals surface area contributed by atoms with Crippen LogP contribution in [0.4, 0.5) is 0 Å². The van der Waals surface area contributed by atoms with E-state index in [0.717, 1.165) is 6.42 Å². The molecule has 3 aromatic rings. The third-order valence-electron chi connectivity index (χ3n) is 4.60. The average Bonchev–Trinajstić information content (AvgIpc) is 2.85. The summed E-state index contributed by atoms with van der Waals surface area (Å²) in [5.74, 6) is 0.531. The Morgan fingerprint density at radius 1 is 0.944 bits per heavy atom. The van der Waals surface area contributed by atoms with Gasteiger partial charge in [-0.1, -0.05) is 30.1 Å². The maximum absolute atomic E-state index is 12.5. The lowest BCUT2D eigenvalue weighted by Crippen LogP contribution is -2.17. The molecule has 0 radical (unpaired) electrons. The molecular formula is C25H24Cl2N2O6S. The van der Waals surface area contributed by atoms with Gasteiger partial charge in [0.1, 0.15) is 4.90 Å². The Kier molecular flexibility index (Phi) is 9.58. The monoisotopic (exact) mass is 550 g/mol. The van der Waals surface area contributed by atoms with E-state index >= 15 is 0 Å². The molecule has 36 heavy (non-hydrogen) atoms. The molecule has 0 aromatic heterocycles. The molecule has 0 aliphatic rings. The average molecular weight is 551 g/mol. The first-order valence-electron chi connectivity index (χ1n) is 11.0. The molecule has 11 heteroatoms. The molecular weight excluding hydrogens is 527 g/mol. The number of hydrazone groups is 1. The van der Waals surface area contributed by atoms with Gasteiger partial charge in [0, 0.05) is 10.6 Å². The molecule has 1 amide bonds. The van der Waals surface area contributed by atoms with E-state index in [2.05, 4.69) is 10.5 Å². The van der Waals surface area contributed by atoms with Crippen molar-refractivity contribution in [2.45, 2.75) is 25.2 Å². The molecule has 0 saturated carbocycles. The van der Waals surface area contributed by atoms with E-state index in [-0.39, 0.29) is 15.7 Å². The lowest BCUT2D eigenvalue weighted by molar-refractivity contribution is 0.0954. The number of rotatable bonds is 11. The van der Waals surface area contributed by atoms with Crippen LogP contribution in [0.15, 0.2) is 70.7 Å². The van der Waals surface area contributed by atoms with Gasteiger partial charge in [-0.3, -0.25) is 4.79 Å². The number of carbonyl (C=O) groups is 1. The highest BCUT2D eigenvalue weighted by Gasteiger charge is 2.18. The Morgan fingerprint density at radius 3 is 2.33 bits per heavy atom. The molecule has 3 rings (SSSR count). The number of nitrogens with one attached hydrogen (secondary N) is 1. The summed E-state index contributed by atoms with van der Waals surface area (Å²) in [5, 5.41) is 4.39. The van der Waals surface area contributed by atoms with Crippen molar-refractivity contribution in [1.82, 2.24) is 5.43 Å². The van der Waals surface area contributed by atoms with Crippen LogP contribution in [0, 0.1) is 0 Å². The Bertz CT molecular complexity index is 1350. The van der Waals surface area contributed by atoms with E-state index in [1.165, 1.54) is 42.6 Å². The SMILES string of the molecule is CCCOc1ccc(C(=O)N/N=C/c2ccc(OS(=O)(=O)c3ccc(Cl)cc3)c(Cl)c2)cc1OCC. The highest BCUT2D eigenvalue weighted by Crippen LogP contribution is 2.30. The zero-order valence-corrected chi connectivity index (χ0v) is 21.9. The van der Waals surface area contributed by atoms with Gasteiger partial charge in [0.15, 0.2) is 17.2 Å². The number of amides is 1. The van der Waals surface area contributed by atoms with Crippen molar-refractivity contribution in [2.75, 3.05) is 13.2 Å². The van der Waals surface area contributed by atoms with Crippen LogP contribution >= 0.6 is 23.2 Å². The van der Waals surface area contributed by atoms with E-state index < -0.39 is 16.0 Å². The largest absolute Gasteiger partial charge is 0.490 e. The first kappa shape index (κ1) is 27.3. The number of hydrogen-bond donors (Lipinski definition) is 1. The standard InChI is InChI=1S/C25H24Cl2N2O6S/c1-3-13-34-23-12-6-18(15-24(23)33-4-2)25(30)29-28-16-17-5-11-22(21(27)14-17)35-36(31,32)20-9-7-19(26)8-10-20/h5-12,14-16H,3-4,13H2,1-2H3,(H,29,30)/b28-16+. The van der Waals surface area contributed by atoms with Crippen molar-refractivity contribution < 1.29 is 26.9 Å². The maximum atomic E-state index is 12.5. The minimum absolute atomic E-state index is 0.0480. The van der Waals surface area contributed by atoms with Crippen LogP contribution in [-0.2, 0) is 10.1 Å². The Morgan fingerprint density at radius 2 is 1.67 bits per heavy atom. The highest BCUT2D eigenvalue weighted by atomic mass is 35.5. The predicted molar refractivity (Wildman–Crippen MR) is 139 cm³/mol. The predicted octanol–water partition coefficient (Wildman–Crippen LogP) is 5.71. The number of hydrogen-bond acceptors (Lipinski definition) is 7. The number of nitrogens with zero attached hydrogens (tertiary/aromatic N) is 1. The van der Waals surface area contributed by atoms with Crippen LogP contribution in [0.3, 0.4) is 0 Å². The number of ether oxygens (including phenoxy) is 2. The topological polar surface area (TPSA) is 103 Å². The molecule has 0 atom stereocenters. The number of halogens is 2. The fraction of sp³-hybridized carbons (Fsp3) is 0.200. The second-order valence-corrected chi connectivity index (χ2v) is 9.71. The lowest BCUT2D eigenvalue weighted by atomic mass is 10.2. The summed E-state index contributed by atoms with van der Waals surface area (Å²) >= 11 is 12.0. The summed E-state index contributed by atoms with van der Waals surface area (Å²) in [6, 6.07) is 14.8. The molecule has 3 aromatic carbocycles. The summed E-state index contributed by atoms with van der Waals surface area (Å²) in [4.78, 5) is 12.4. The van der Waals surface area contributed by atoms with Crippen molar-refractivity contribution in [3.63, 3.8) is 0 Å². The zero-order chi connectivity index (χ0) is 26.1. The summed E-state index contributed by atoms with van der Waals surface area (Å²) in [6.45, 7) is 4.80. The van der Waals surface area contributed by atoms with Crippen LogP contribution in [0.5, 0.6) is 17.2 Å². The van der Waals surface area contributed by atoms with Crippen molar-refractivity contribution in [3.8, 4) is 17.2 Å². The number of benzene rings is 3. The maximum Gasteiger partial charge on any atom is 0.339 e. The Balaban J connectivity index is 1.66. The molecule has 190 valence electrons. The molecule has 8 nitrogen and oxygen atoms in total. The molecule has 0 spiro atoms. The fourth-order valence-corrected chi connectivity index (χ4v) is 4.26. The Labute approximate surface area is 219 Å². The quantitative estimate of drug-likeness (QED) is 0.186. The van der Waals surface area contributed by atoms with E-state index in [0.29, 0.717) is 40.9 Å². The minimum Gasteiger partial charge on any atom is -0.490 e. The van der Waals surface area contributed by atoms with Crippen molar-refractivity contribution in [2.24, 2.45) is 5.10 Å². The van der Waals surface area contributed by atoms with Gasteiger partial charge in [0.05, 0.1) is 24.5 Å². The smallest absolute Gasteiger partial charge is 0.339 e. The molecule has 0 aliphatic heterocycles. The van der Waals surface area contributed by atoms with Gasteiger partial charge in [-0.2, -0.15) is 13.5 Å². The highest BCUT2D eigenvalue weighted by molar-refractivity contribution is 7.87. The molecule has 0 fully saturated rings. The number of carbonyl (C=O) groups excluding carboxylic acids is 1. The van der Waals surface area contributed by atoms with Gasteiger partial charge >= 0.3 is 10.1 Å². The molecule has 0 saturated heterocycles. The molecule has 0 heterocycles. The second kappa shape index (κ2) is 12.6. The van der Waals surface area contributed by atoms with Gasteiger partial charge in [0.25, 0.3) is 5.91 Å². The third kappa shape index (κ3) is 7.36. The summed E-state index contributed by atoms with van der Waals surface area (Å²) < 4.78 is 41.3. The van der Waals surface area contributed by atoms with Crippen LogP contribution < -0.4 is 19.1 Å². The molecule has 0 unspecified atom stereocenters. The second-order valence-electron chi connectivity index (χ2n) is 7.32. The van der Waals surface area contributed by atoms with Crippen molar-refractivity contribution in [3.05, 3.63) is 81.8 Å². The summed E-state index contributed by atoms with van der Waals surface area (Å²) in [7, 11) is -4.09. The zero-order valence-electron chi connectivity index (χ0n) is 19.5. The summed E-state index contributed by atoms with van der Waals surface area (Å²) in [6.07, 6.45) is 2.21. The van der Waals surface area contributed by atoms with Crippen molar-refractivity contribution in [1.29, 1.82) is 0 Å². The fourth-order valence-electron chi connectivity index (χ4n) is 2.91. The van der Waals surface area contributed by atoms with Gasteiger partial charge < -0.3 is 13.7 Å². The van der Waals surface area contributed by atoms with Gasteiger partial charge in [-0.05, 0) is 79.6 Å². The lowest BCUT2D eigenvalue weighted by Gasteiger charge is -2.12. The van der Waals surface area contributed by atoms with Gasteiger partial charge in [-0.15, -0.1) is 0 Å². The Hall–Kier alpha value is -3.27. The van der Waals surface area contributed by atoms with Crippen LogP contribution in [0.25, 0.3) is 0 Å². The summed E-state index contributed by atoms with van der Waals surface area (Å²) in [5.41, 5.74) is 3.28. The first-order valence-corrected chi connectivity index (χ1v) is 13.1. The molecule has 0 aliphatic carbocycles. The van der Waals surface area contributed by atoms with Crippen molar-refractivity contribution >= 4 is 45.4 Å². The van der Waals surface area contributed by atoms with Gasteiger partial charge in [-0.25, -0.2) is 5.43 Å². The normalized spacial score (nSPS) is 11.3. The minimum atomic E-state index is -4.09.